The van der Waals surface area contributed by atoms with E-state index in [-0.39, 0.29) is 31.6 Å². The monoisotopic (exact) mass is 286 g/mol. The molecule has 0 atom stereocenters. The molecule has 1 saturated carbocycles. The van der Waals surface area contributed by atoms with E-state index >= 15 is 0 Å². The first-order chi connectivity index (χ1) is 9.49. The largest absolute Gasteiger partial charge is 0.481 e. The molecule has 7 nitrogen and oxygen atoms in total. The highest BCUT2D eigenvalue weighted by atomic mass is 16.5. The van der Waals surface area contributed by atoms with Crippen LogP contribution in [0.5, 0.6) is 0 Å². The summed E-state index contributed by atoms with van der Waals surface area (Å²) in [5.41, 5.74) is 0. The third kappa shape index (κ3) is 5.07. The van der Waals surface area contributed by atoms with Crippen LogP contribution in [0.3, 0.4) is 0 Å². The average molecular weight is 286 g/mol. The molecule has 1 rings (SSSR count). The van der Waals surface area contributed by atoms with Crippen molar-refractivity contribution in [2.45, 2.75) is 38.6 Å². The molecule has 0 heterocycles. The van der Waals surface area contributed by atoms with Gasteiger partial charge in [0.2, 0.25) is 0 Å². The van der Waals surface area contributed by atoms with Crippen LogP contribution < -0.4 is 0 Å². The van der Waals surface area contributed by atoms with Crippen molar-refractivity contribution in [1.29, 1.82) is 0 Å². The molecule has 0 saturated heterocycles. The fourth-order valence-corrected chi connectivity index (χ4v) is 1.95. The van der Waals surface area contributed by atoms with Gasteiger partial charge in [0.25, 0.3) is 0 Å². The molecule has 0 bridgehead atoms. The number of carbonyl (C=O) groups is 3. The van der Waals surface area contributed by atoms with Crippen molar-refractivity contribution in [1.82, 2.24) is 9.80 Å². The van der Waals surface area contributed by atoms with Gasteiger partial charge in [-0.05, 0) is 19.3 Å². The first-order valence-electron chi connectivity index (χ1n) is 6.83. The lowest BCUT2D eigenvalue weighted by Gasteiger charge is -2.29. The maximum absolute atomic E-state index is 12.4. The first-order valence-corrected chi connectivity index (χ1v) is 6.83. The number of amides is 2. The highest BCUT2D eigenvalue weighted by Crippen LogP contribution is 2.28. The number of rotatable bonds is 8. The molecular weight excluding hydrogens is 264 g/mol. The smallest absolute Gasteiger partial charge is 0.325 e. The van der Waals surface area contributed by atoms with Crippen molar-refractivity contribution in [2.24, 2.45) is 0 Å². The molecule has 0 spiro atoms. The van der Waals surface area contributed by atoms with Crippen molar-refractivity contribution in [2.75, 3.05) is 26.7 Å². The van der Waals surface area contributed by atoms with Crippen LogP contribution in [0.25, 0.3) is 0 Å². The van der Waals surface area contributed by atoms with Gasteiger partial charge in [0.05, 0.1) is 13.5 Å². The lowest BCUT2D eigenvalue weighted by Crippen LogP contribution is -2.47. The summed E-state index contributed by atoms with van der Waals surface area (Å²) in [5, 5.41) is 8.75. The van der Waals surface area contributed by atoms with Gasteiger partial charge in [-0.25, -0.2) is 4.79 Å². The van der Waals surface area contributed by atoms with Crippen LogP contribution in [0.2, 0.25) is 0 Å². The van der Waals surface area contributed by atoms with Crippen molar-refractivity contribution < 1.29 is 24.2 Å². The number of carboxylic acids is 1. The van der Waals surface area contributed by atoms with Gasteiger partial charge in [0.1, 0.15) is 6.54 Å². The summed E-state index contributed by atoms with van der Waals surface area (Å²) in [6.45, 7) is 2.44. The number of urea groups is 1. The molecule has 1 fully saturated rings. The van der Waals surface area contributed by atoms with E-state index in [1.54, 1.807) is 4.90 Å². The molecule has 0 aromatic heterocycles. The van der Waals surface area contributed by atoms with Gasteiger partial charge in [-0.1, -0.05) is 6.92 Å². The Morgan fingerprint density at radius 1 is 1.25 bits per heavy atom. The van der Waals surface area contributed by atoms with Gasteiger partial charge in [0.15, 0.2) is 0 Å². The number of methoxy groups -OCH3 is 1. The Morgan fingerprint density at radius 3 is 2.35 bits per heavy atom. The second-order valence-electron chi connectivity index (χ2n) is 4.85. The Labute approximate surface area is 118 Å². The summed E-state index contributed by atoms with van der Waals surface area (Å²) in [7, 11) is 1.28. The Kier molecular flexibility index (Phi) is 6.27. The number of hydrogen-bond donors (Lipinski definition) is 1. The molecule has 1 N–H and O–H groups in total. The van der Waals surface area contributed by atoms with E-state index in [1.807, 2.05) is 6.92 Å². The predicted octanol–water partition coefficient (Wildman–Crippen LogP) is 0.930. The minimum absolute atomic E-state index is 0.0829. The number of carbonyl (C=O) groups excluding carboxylic acids is 2. The Morgan fingerprint density at radius 2 is 1.90 bits per heavy atom. The first kappa shape index (κ1) is 16.3. The summed E-state index contributed by atoms with van der Waals surface area (Å²) in [6, 6.07) is -0.167. The van der Waals surface area contributed by atoms with Crippen molar-refractivity contribution >= 4 is 18.0 Å². The molecule has 7 heteroatoms. The highest BCUT2D eigenvalue weighted by Gasteiger charge is 2.35. The van der Waals surface area contributed by atoms with E-state index < -0.39 is 11.9 Å². The summed E-state index contributed by atoms with van der Waals surface area (Å²) < 4.78 is 4.59. The number of carboxylic acid groups (broad SMARTS) is 1. The highest BCUT2D eigenvalue weighted by molar-refractivity contribution is 5.81. The fraction of sp³-hybridized carbons (Fsp3) is 0.769. The lowest BCUT2D eigenvalue weighted by atomic mass is 10.3. The zero-order valence-corrected chi connectivity index (χ0v) is 12.0. The topological polar surface area (TPSA) is 87.2 Å². The molecule has 114 valence electrons. The minimum Gasteiger partial charge on any atom is -0.481 e. The van der Waals surface area contributed by atoms with E-state index in [1.165, 1.54) is 12.0 Å². The molecule has 0 aliphatic heterocycles. The summed E-state index contributed by atoms with van der Waals surface area (Å²) in [4.78, 5) is 37.4. The van der Waals surface area contributed by atoms with Crippen LogP contribution in [-0.4, -0.2) is 65.7 Å². The van der Waals surface area contributed by atoms with Gasteiger partial charge < -0.3 is 19.6 Å². The minimum atomic E-state index is -0.932. The fourth-order valence-electron chi connectivity index (χ4n) is 1.95. The zero-order chi connectivity index (χ0) is 15.1. The number of esters is 1. The van der Waals surface area contributed by atoms with Crippen LogP contribution in [0, 0.1) is 0 Å². The van der Waals surface area contributed by atoms with Crippen LogP contribution in [0.1, 0.15) is 32.6 Å². The summed E-state index contributed by atoms with van der Waals surface area (Å²) in [6.07, 6.45) is 2.42. The van der Waals surface area contributed by atoms with Crippen molar-refractivity contribution in [3.63, 3.8) is 0 Å². The zero-order valence-electron chi connectivity index (χ0n) is 12.0. The molecule has 0 unspecified atom stereocenters. The van der Waals surface area contributed by atoms with Crippen LogP contribution in [-0.2, 0) is 14.3 Å². The van der Waals surface area contributed by atoms with Gasteiger partial charge >= 0.3 is 18.0 Å². The Bertz CT molecular complexity index is 368. The number of ether oxygens (including phenoxy) is 1. The van der Waals surface area contributed by atoms with Crippen molar-refractivity contribution in [3.8, 4) is 0 Å². The van der Waals surface area contributed by atoms with E-state index in [0.717, 1.165) is 19.3 Å². The molecule has 2 amide bonds. The number of hydrogen-bond acceptors (Lipinski definition) is 4. The van der Waals surface area contributed by atoms with Crippen LogP contribution in [0.15, 0.2) is 0 Å². The quantitative estimate of drug-likeness (QED) is 0.671. The molecule has 1 aliphatic carbocycles. The SMILES string of the molecule is CCCN(CC(=O)OC)C(=O)N(CCC(=O)O)C1CC1. The maximum atomic E-state index is 12.4. The molecule has 0 aromatic rings. The molecule has 20 heavy (non-hydrogen) atoms. The van der Waals surface area contributed by atoms with Gasteiger partial charge in [-0.15, -0.1) is 0 Å². The Balaban J connectivity index is 2.67. The van der Waals surface area contributed by atoms with E-state index in [0.29, 0.717) is 6.54 Å². The molecular formula is C13H22N2O5. The predicted molar refractivity (Wildman–Crippen MR) is 71.3 cm³/mol. The molecule has 0 aromatic carbocycles. The van der Waals surface area contributed by atoms with Crippen molar-refractivity contribution in [3.05, 3.63) is 0 Å². The lowest BCUT2D eigenvalue weighted by molar-refractivity contribution is -0.141. The summed E-state index contributed by atoms with van der Waals surface area (Å²) in [5.74, 6) is -1.40. The summed E-state index contributed by atoms with van der Waals surface area (Å²) >= 11 is 0. The second kappa shape index (κ2) is 7.72. The third-order valence-electron chi connectivity index (χ3n) is 3.11. The van der Waals surface area contributed by atoms with Gasteiger partial charge in [0, 0.05) is 19.1 Å². The second-order valence-corrected chi connectivity index (χ2v) is 4.85. The van der Waals surface area contributed by atoms with E-state index in [9.17, 15) is 14.4 Å². The standard InChI is InChI=1S/C13H22N2O5/c1-3-7-14(9-12(18)20-2)13(19)15(10-4-5-10)8-6-11(16)17/h10H,3-9H2,1-2H3,(H,16,17). The molecule has 0 radical (unpaired) electrons. The number of nitrogens with zero attached hydrogens (tertiary/aromatic N) is 2. The number of aliphatic carboxylic acids is 1. The van der Waals surface area contributed by atoms with Crippen LogP contribution >= 0.6 is 0 Å². The van der Waals surface area contributed by atoms with Crippen LogP contribution in [0.4, 0.5) is 4.79 Å². The van der Waals surface area contributed by atoms with Gasteiger partial charge in [-0.2, -0.15) is 0 Å². The van der Waals surface area contributed by atoms with Gasteiger partial charge in [-0.3, -0.25) is 9.59 Å². The Hall–Kier alpha value is -1.79. The van der Waals surface area contributed by atoms with E-state index in [2.05, 4.69) is 4.74 Å². The third-order valence-corrected chi connectivity index (χ3v) is 3.11. The normalized spacial score (nSPS) is 13.7. The maximum Gasteiger partial charge on any atom is 0.325 e. The van der Waals surface area contributed by atoms with E-state index in [4.69, 9.17) is 5.11 Å². The molecule has 1 aliphatic rings. The average Bonchev–Trinajstić information content (AvgIpc) is 3.22.